The number of anilines is 1. The fourth-order valence-electron chi connectivity index (χ4n) is 4.65. The standard InChI is InChI=1S/C27H24F3N3O2S2/c1-2-32(18-10-4-3-5-11-18)22(34)16-36-26-31-24-23(20-13-6-7-14-21(20)37-24)25(35)33(26)19-12-8-9-17(15-19)27(28,29)30/h3-5,8-12,15H,2,6-7,13-14,16H2,1H3. The van der Waals surface area contributed by atoms with E-state index in [0.29, 0.717) is 16.8 Å². The highest BCUT2D eigenvalue weighted by molar-refractivity contribution is 7.99. The molecule has 5 nitrogen and oxygen atoms in total. The zero-order chi connectivity index (χ0) is 26.2. The second-order valence-electron chi connectivity index (χ2n) is 8.74. The lowest BCUT2D eigenvalue weighted by Gasteiger charge is -2.21. The Morgan fingerprint density at radius 2 is 1.86 bits per heavy atom. The van der Waals surface area contributed by atoms with Gasteiger partial charge in [0.15, 0.2) is 5.16 Å². The Morgan fingerprint density at radius 1 is 1.11 bits per heavy atom. The molecule has 2 aromatic carbocycles. The monoisotopic (exact) mass is 543 g/mol. The SMILES string of the molecule is CCN(C(=O)CSc1nc2sc3c(c2c(=O)n1-c1cccc(C(F)(F)F)c1)CCCC3)c1ccccc1. The van der Waals surface area contributed by atoms with Crippen molar-refractivity contribution in [3.05, 3.63) is 81.0 Å². The molecule has 0 N–H and O–H groups in total. The molecule has 37 heavy (non-hydrogen) atoms. The van der Waals surface area contributed by atoms with Gasteiger partial charge in [-0.05, 0) is 68.5 Å². The van der Waals surface area contributed by atoms with E-state index in [-0.39, 0.29) is 22.5 Å². The molecule has 2 heterocycles. The number of rotatable bonds is 6. The molecular weight excluding hydrogens is 519 g/mol. The summed E-state index contributed by atoms with van der Waals surface area (Å²) in [6, 6.07) is 13.9. The van der Waals surface area contributed by atoms with E-state index < -0.39 is 17.3 Å². The summed E-state index contributed by atoms with van der Waals surface area (Å²) < 4.78 is 41.7. The Labute approximate surface area is 219 Å². The number of carbonyl (C=O) groups is 1. The van der Waals surface area contributed by atoms with Crippen LogP contribution in [0, 0.1) is 0 Å². The molecule has 10 heteroatoms. The Hall–Kier alpha value is -3.11. The van der Waals surface area contributed by atoms with Gasteiger partial charge in [-0.3, -0.25) is 14.2 Å². The summed E-state index contributed by atoms with van der Waals surface area (Å²) in [5.41, 5.74) is 0.542. The van der Waals surface area contributed by atoms with E-state index in [0.717, 1.165) is 65.7 Å². The number of para-hydroxylation sites is 1. The van der Waals surface area contributed by atoms with E-state index in [1.165, 1.54) is 28.0 Å². The van der Waals surface area contributed by atoms with Crippen LogP contribution in [0.1, 0.15) is 35.8 Å². The van der Waals surface area contributed by atoms with Crippen molar-refractivity contribution in [3.63, 3.8) is 0 Å². The molecule has 0 unspecified atom stereocenters. The molecule has 0 bridgehead atoms. The molecular formula is C27H24F3N3O2S2. The van der Waals surface area contributed by atoms with E-state index in [1.807, 2.05) is 37.3 Å². The number of alkyl halides is 3. The topological polar surface area (TPSA) is 55.2 Å². The first kappa shape index (κ1) is 25.5. The number of amides is 1. The number of halogens is 3. The lowest BCUT2D eigenvalue weighted by atomic mass is 9.97. The molecule has 1 aliphatic rings. The van der Waals surface area contributed by atoms with Crippen LogP contribution in [0.4, 0.5) is 18.9 Å². The van der Waals surface area contributed by atoms with Gasteiger partial charge in [0.25, 0.3) is 5.56 Å². The highest BCUT2D eigenvalue weighted by Crippen LogP contribution is 2.36. The fraction of sp³-hybridized carbons (Fsp3) is 0.296. The molecule has 1 aliphatic carbocycles. The minimum Gasteiger partial charge on any atom is -0.312 e. The number of fused-ring (bicyclic) bond motifs is 3. The molecule has 4 aromatic rings. The molecule has 0 atom stereocenters. The van der Waals surface area contributed by atoms with Gasteiger partial charge < -0.3 is 4.90 Å². The van der Waals surface area contributed by atoms with Crippen molar-refractivity contribution in [2.24, 2.45) is 0 Å². The van der Waals surface area contributed by atoms with Crippen LogP contribution in [-0.2, 0) is 23.8 Å². The number of thiophene rings is 1. The number of hydrogen-bond donors (Lipinski definition) is 0. The summed E-state index contributed by atoms with van der Waals surface area (Å²) in [6.07, 6.45) is -0.951. The molecule has 2 aromatic heterocycles. The van der Waals surface area contributed by atoms with Crippen molar-refractivity contribution in [1.29, 1.82) is 0 Å². The van der Waals surface area contributed by atoms with Crippen LogP contribution in [0.25, 0.3) is 15.9 Å². The minimum absolute atomic E-state index is 0.0231. The maximum Gasteiger partial charge on any atom is 0.416 e. The van der Waals surface area contributed by atoms with Crippen LogP contribution in [0.2, 0.25) is 0 Å². The lowest BCUT2D eigenvalue weighted by molar-refractivity contribution is -0.137. The van der Waals surface area contributed by atoms with Gasteiger partial charge in [-0.2, -0.15) is 13.2 Å². The van der Waals surface area contributed by atoms with Gasteiger partial charge in [-0.15, -0.1) is 11.3 Å². The fourth-order valence-corrected chi connectivity index (χ4v) is 6.84. The smallest absolute Gasteiger partial charge is 0.312 e. The second kappa shape index (κ2) is 10.3. The first-order chi connectivity index (χ1) is 17.8. The predicted molar refractivity (Wildman–Crippen MR) is 142 cm³/mol. The third kappa shape index (κ3) is 5.04. The van der Waals surface area contributed by atoms with E-state index in [1.54, 1.807) is 4.90 Å². The van der Waals surface area contributed by atoms with Crippen molar-refractivity contribution in [1.82, 2.24) is 9.55 Å². The molecule has 0 saturated carbocycles. The average Bonchev–Trinajstić information content (AvgIpc) is 3.27. The highest BCUT2D eigenvalue weighted by atomic mass is 32.2. The van der Waals surface area contributed by atoms with Gasteiger partial charge in [0.1, 0.15) is 4.83 Å². The van der Waals surface area contributed by atoms with Gasteiger partial charge in [0, 0.05) is 17.1 Å². The number of aryl methyl sites for hydroxylation is 2. The predicted octanol–water partition coefficient (Wildman–Crippen LogP) is 6.49. The van der Waals surface area contributed by atoms with E-state index >= 15 is 0 Å². The van der Waals surface area contributed by atoms with Gasteiger partial charge in [0.2, 0.25) is 5.91 Å². The van der Waals surface area contributed by atoms with Crippen LogP contribution in [-0.4, -0.2) is 27.8 Å². The van der Waals surface area contributed by atoms with E-state index in [2.05, 4.69) is 0 Å². The number of benzene rings is 2. The van der Waals surface area contributed by atoms with Gasteiger partial charge in [0.05, 0.1) is 22.4 Å². The molecule has 0 saturated heterocycles. The molecule has 0 spiro atoms. The number of thioether (sulfide) groups is 1. The Bertz CT molecular complexity index is 1510. The highest BCUT2D eigenvalue weighted by Gasteiger charge is 2.31. The van der Waals surface area contributed by atoms with Crippen LogP contribution in [0.3, 0.4) is 0 Å². The van der Waals surface area contributed by atoms with Crippen LogP contribution >= 0.6 is 23.1 Å². The van der Waals surface area contributed by atoms with Crippen molar-refractivity contribution < 1.29 is 18.0 Å². The largest absolute Gasteiger partial charge is 0.416 e. The summed E-state index contributed by atoms with van der Waals surface area (Å²) in [4.78, 5) is 35.0. The lowest BCUT2D eigenvalue weighted by Crippen LogP contribution is -2.32. The molecule has 0 radical (unpaired) electrons. The maximum absolute atomic E-state index is 13.8. The maximum atomic E-state index is 13.8. The first-order valence-electron chi connectivity index (χ1n) is 12.0. The molecule has 0 aliphatic heterocycles. The normalized spacial score (nSPS) is 13.5. The number of carbonyl (C=O) groups excluding carboxylic acids is 1. The van der Waals surface area contributed by atoms with E-state index in [9.17, 15) is 22.8 Å². The van der Waals surface area contributed by atoms with Crippen LogP contribution in [0.15, 0.2) is 64.5 Å². The van der Waals surface area contributed by atoms with Crippen LogP contribution < -0.4 is 10.5 Å². The summed E-state index contributed by atoms with van der Waals surface area (Å²) in [5, 5.41) is 0.681. The van der Waals surface area contributed by atoms with Crippen LogP contribution in [0.5, 0.6) is 0 Å². The summed E-state index contributed by atoms with van der Waals surface area (Å²) >= 11 is 2.53. The zero-order valence-electron chi connectivity index (χ0n) is 20.0. The van der Waals surface area contributed by atoms with Crippen molar-refractivity contribution in [2.45, 2.75) is 43.9 Å². The quantitative estimate of drug-likeness (QED) is 0.206. The number of aromatic nitrogens is 2. The molecule has 1 amide bonds. The minimum atomic E-state index is -4.56. The Kier molecular flexibility index (Phi) is 7.13. The van der Waals surface area contributed by atoms with Crippen molar-refractivity contribution in [3.8, 4) is 5.69 Å². The second-order valence-corrected chi connectivity index (χ2v) is 10.8. The van der Waals surface area contributed by atoms with Crippen molar-refractivity contribution in [2.75, 3.05) is 17.2 Å². The summed E-state index contributed by atoms with van der Waals surface area (Å²) in [5.74, 6) is -0.209. The third-order valence-electron chi connectivity index (χ3n) is 6.40. The Balaban J connectivity index is 1.59. The first-order valence-corrected chi connectivity index (χ1v) is 13.8. The zero-order valence-corrected chi connectivity index (χ0v) is 21.7. The number of hydrogen-bond acceptors (Lipinski definition) is 5. The van der Waals surface area contributed by atoms with E-state index in [4.69, 9.17) is 4.98 Å². The van der Waals surface area contributed by atoms with Crippen molar-refractivity contribution >= 4 is 44.9 Å². The Morgan fingerprint density at radius 3 is 2.59 bits per heavy atom. The van der Waals surface area contributed by atoms with Gasteiger partial charge in [-0.1, -0.05) is 36.0 Å². The molecule has 192 valence electrons. The van der Waals surface area contributed by atoms with Gasteiger partial charge >= 0.3 is 6.18 Å². The summed E-state index contributed by atoms with van der Waals surface area (Å²) in [7, 11) is 0. The summed E-state index contributed by atoms with van der Waals surface area (Å²) in [6.45, 7) is 2.32. The number of nitrogens with zero attached hydrogens (tertiary/aromatic N) is 3. The third-order valence-corrected chi connectivity index (χ3v) is 8.51. The molecule has 0 fully saturated rings. The molecule has 5 rings (SSSR count). The average molecular weight is 544 g/mol. The van der Waals surface area contributed by atoms with Gasteiger partial charge in [-0.25, -0.2) is 4.98 Å².